The van der Waals surface area contributed by atoms with E-state index in [1.54, 1.807) is 0 Å². The Kier molecular flexibility index (Phi) is 5.03. The summed E-state index contributed by atoms with van der Waals surface area (Å²) < 4.78 is 1.38. The largest absolute Gasteiger partial charge is 0.327 e. The summed E-state index contributed by atoms with van der Waals surface area (Å²) in [5, 5.41) is 4.56. The highest BCUT2D eigenvalue weighted by Gasteiger charge is 2.16. The van der Waals surface area contributed by atoms with Crippen molar-refractivity contribution in [3.05, 3.63) is 35.2 Å². The van der Waals surface area contributed by atoms with E-state index in [9.17, 15) is 0 Å². The summed E-state index contributed by atoms with van der Waals surface area (Å²) in [4.78, 5) is 0. The monoisotopic (exact) mass is 305 g/mol. The molecule has 0 bridgehead atoms. The van der Waals surface area contributed by atoms with Gasteiger partial charge in [-0.05, 0) is 41.7 Å². The van der Waals surface area contributed by atoms with E-state index in [0.29, 0.717) is 6.04 Å². The maximum atomic E-state index is 6.36. The lowest BCUT2D eigenvalue weighted by molar-refractivity contribution is 0.515. The smallest absolute Gasteiger partial charge is 0.0345 e. The SMILES string of the molecule is NC(CSC1CCCCC1)Cc1csc2ccccc12. The van der Waals surface area contributed by atoms with Gasteiger partial charge in [-0.15, -0.1) is 11.3 Å². The van der Waals surface area contributed by atoms with E-state index in [1.807, 2.05) is 11.3 Å². The Balaban J connectivity index is 1.54. The molecule has 3 rings (SSSR count). The normalized spacial score (nSPS) is 18.4. The molecule has 1 aliphatic carbocycles. The summed E-state index contributed by atoms with van der Waals surface area (Å²) in [6.45, 7) is 0. The third kappa shape index (κ3) is 3.57. The van der Waals surface area contributed by atoms with E-state index < -0.39 is 0 Å². The summed E-state index contributed by atoms with van der Waals surface area (Å²) in [7, 11) is 0. The van der Waals surface area contributed by atoms with Crippen LogP contribution in [0.25, 0.3) is 10.1 Å². The molecular weight excluding hydrogens is 282 g/mol. The third-order valence-electron chi connectivity index (χ3n) is 4.14. The van der Waals surface area contributed by atoms with E-state index >= 15 is 0 Å². The van der Waals surface area contributed by atoms with E-state index in [4.69, 9.17) is 5.73 Å². The quantitative estimate of drug-likeness (QED) is 0.855. The van der Waals surface area contributed by atoms with Crippen LogP contribution >= 0.6 is 23.1 Å². The number of hydrogen-bond donors (Lipinski definition) is 1. The molecule has 0 aliphatic heterocycles. The van der Waals surface area contributed by atoms with Gasteiger partial charge in [-0.25, -0.2) is 0 Å². The lowest BCUT2D eigenvalue weighted by atomic mass is 10.0. The van der Waals surface area contributed by atoms with Crippen LogP contribution < -0.4 is 5.73 Å². The molecule has 0 spiro atoms. The first-order chi connectivity index (χ1) is 9.83. The predicted octanol–water partition coefficient (Wildman–Crippen LogP) is 4.84. The van der Waals surface area contributed by atoms with Gasteiger partial charge in [0.2, 0.25) is 0 Å². The molecule has 0 amide bonds. The maximum Gasteiger partial charge on any atom is 0.0345 e. The molecule has 1 fully saturated rings. The Labute approximate surface area is 129 Å². The minimum absolute atomic E-state index is 0.292. The second kappa shape index (κ2) is 6.97. The molecule has 1 nitrogen and oxygen atoms in total. The van der Waals surface area contributed by atoms with Crippen LogP contribution in [0.4, 0.5) is 0 Å². The lowest BCUT2D eigenvalue weighted by Gasteiger charge is -2.22. The van der Waals surface area contributed by atoms with Gasteiger partial charge in [-0.1, -0.05) is 37.5 Å². The van der Waals surface area contributed by atoms with Gasteiger partial charge in [0.05, 0.1) is 0 Å². The molecule has 3 heteroatoms. The van der Waals surface area contributed by atoms with Crippen LogP contribution in [-0.2, 0) is 6.42 Å². The van der Waals surface area contributed by atoms with Crippen molar-refractivity contribution in [3.8, 4) is 0 Å². The molecular formula is C17H23NS2. The number of nitrogens with two attached hydrogens (primary N) is 1. The topological polar surface area (TPSA) is 26.0 Å². The predicted molar refractivity (Wildman–Crippen MR) is 92.8 cm³/mol. The first-order valence-electron chi connectivity index (χ1n) is 7.65. The molecule has 20 heavy (non-hydrogen) atoms. The van der Waals surface area contributed by atoms with Crippen molar-refractivity contribution >= 4 is 33.2 Å². The van der Waals surface area contributed by atoms with Gasteiger partial charge in [-0.2, -0.15) is 11.8 Å². The van der Waals surface area contributed by atoms with E-state index in [-0.39, 0.29) is 0 Å². The molecule has 1 saturated carbocycles. The van der Waals surface area contributed by atoms with Crippen LogP contribution in [0.5, 0.6) is 0 Å². The van der Waals surface area contributed by atoms with Crippen molar-refractivity contribution in [3.63, 3.8) is 0 Å². The summed E-state index contributed by atoms with van der Waals surface area (Å²) in [6, 6.07) is 8.95. The highest BCUT2D eigenvalue weighted by atomic mass is 32.2. The van der Waals surface area contributed by atoms with E-state index in [1.165, 1.54) is 47.8 Å². The molecule has 1 heterocycles. The Morgan fingerprint density at radius 2 is 2.00 bits per heavy atom. The number of thiophene rings is 1. The number of benzene rings is 1. The summed E-state index contributed by atoms with van der Waals surface area (Å²) in [6.07, 6.45) is 8.09. The van der Waals surface area contributed by atoms with Crippen molar-refractivity contribution in [1.82, 2.24) is 0 Å². The average molecular weight is 306 g/mol. The molecule has 1 aliphatic rings. The molecule has 2 aromatic rings. The fourth-order valence-corrected chi connectivity index (χ4v) is 5.30. The van der Waals surface area contributed by atoms with Crippen LogP contribution in [0.15, 0.2) is 29.6 Å². The second-order valence-electron chi connectivity index (χ2n) is 5.81. The van der Waals surface area contributed by atoms with Gasteiger partial charge < -0.3 is 5.73 Å². The molecule has 1 atom stereocenters. The lowest BCUT2D eigenvalue weighted by Crippen LogP contribution is -2.27. The highest BCUT2D eigenvalue weighted by Crippen LogP contribution is 2.30. The maximum absolute atomic E-state index is 6.36. The van der Waals surface area contributed by atoms with Crippen molar-refractivity contribution in [2.75, 3.05) is 5.75 Å². The Bertz CT molecular complexity index is 543. The fraction of sp³-hybridized carbons (Fsp3) is 0.529. The van der Waals surface area contributed by atoms with Crippen LogP contribution in [0.2, 0.25) is 0 Å². The number of thioether (sulfide) groups is 1. The van der Waals surface area contributed by atoms with Crippen molar-refractivity contribution in [2.24, 2.45) is 5.73 Å². The zero-order valence-corrected chi connectivity index (χ0v) is 13.5. The third-order valence-corrected chi connectivity index (χ3v) is 6.72. The van der Waals surface area contributed by atoms with Crippen LogP contribution in [0.1, 0.15) is 37.7 Å². The standard InChI is InChI=1S/C17H23NS2/c18-14(12-19-15-6-2-1-3-7-15)10-13-11-20-17-9-5-4-8-16(13)17/h4-5,8-9,11,14-15H,1-3,6-7,10,12,18H2. The van der Waals surface area contributed by atoms with Gasteiger partial charge in [0, 0.05) is 21.7 Å². The molecule has 1 unspecified atom stereocenters. The van der Waals surface area contributed by atoms with E-state index in [0.717, 1.165) is 17.4 Å². The molecule has 0 radical (unpaired) electrons. The zero-order valence-electron chi connectivity index (χ0n) is 11.9. The van der Waals surface area contributed by atoms with Crippen molar-refractivity contribution in [1.29, 1.82) is 0 Å². The van der Waals surface area contributed by atoms with Crippen LogP contribution in [-0.4, -0.2) is 17.0 Å². The Morgan fingerprint density at radius 3 is 2.85 bits per heavy atom. The van der Waals surface area contributed by atoms with Gasteiger partial charge in [0.25, 0.3) is 0 Å². The Hall–Kier alpha value is -0.510. The molecule has 1 aromatic carbocycles. The second-order valence-corrected chi connectivity index (χ2v) is 8.06. The summed E-state index contributed by atoms with van der Waals surface area (Å²) in [5.74, 6) is 1.11. The summed E-state index contributed by atoms with van der Waals surface area (Å²) in [5.41, 5.74) is 7.79. The van der Waals surface area contributed by atoms with Crippen molar-refractivity contribution in [2.45, 2.75) is 49.8 Å². The van der Waals surface area contributed by atoms with Gasteiger partial charge >= 0.3 is 0 Å². The zero-order chi connectivity index (χ0) is 13.8. The first kappa shape index (κ1) is 14.4. The highest BCUT2D eigenvalue weighted by molar-refractivity contribution is 7.99. The van der Waals surface area contributed by atoms with Gasteiger partial charge in [-0.3, -0.25) is 0 Å². The van der Waals surface area contributed by atoms with Crippen LogP contribution in [0.3, 0.4) is 0 Å². The van der Waals surface area contributed by atoms with Gasteiger partial charge in [0.15, 0.2) is 0 Å². The number of fused-ring (bicyclic) bond motifs is 1. The summed E-state index contributed by atoms with van der Waals surface area (Å²) >= 11 is 3.95. The molecule has 2 N–H and O–H groups in total. The minimum atomic E-state index is 0.292. The fourth-order valence-electron chi connectivity index (χ4n) is 3.02. The average Bonchev–Trinajstić information content (AvgIpc) is 2.90. The molecule has 1 aromatic heterocycles. The first-order valence-corrected chi connectivity index (χ1v) is 9.58. The molecule has 108 valence electrons. The minimum Gasteiger partial charge on any atom is -0.327 e. The van der Waals surface area contributed by atoms with Crippen LogP contribution in [0, 0.1) is 0 Å². The van der Waals surface area contributed by atoms with Crippen molar-refractivity contribution < 1.29 is 0 Å². The Morgan fingerprint density at radius 1 is 1.20 bits per heavy atom. The number of hydrogen-bond acceptors (Lipinski definition) is 3. The number of rotatable bonds is 5. The molecule has 0 saturated heterocycles. The van der Waals surface area contributed by atoms with Gasteiger partial charge in [0.1, 0.15) is 0 Å². The van der Waals surface area contributed by atoms with E-state index in [2.05, 4.69) is 41.4 Å².